The fourth-order valence-electron chi connectivity index (χ4n) is 1.87. The highest BCUT2D eigenvalue weighted by Crippen LogP contribution is 2.14. The summed E-state index contributed by atoms with van der Waals surface area (Å²) in [5.74, 6) is 0.908. The first-order valence-electron chi connectivity index (χ1n) is 7.35. The van der Waals surface area contributed by atoms with Crippen molar-refractivity contribution in [2.45, 2.75) is 46.6 Å². The lowest BCUT2D eigenvalue weighted by Crippen LogP contribution is -2.31. The van der Waals surface area contributed by atoms with E-state index in [-0.39, 0.29) is 12.4 Å². The van der Waals surface area contributed by atoms with Crippen molar-refractivity contribution in [2.75, 3.05) is 19.8 Å². The van der Waals surface area contributed by atoms with Crippen LogP contribution in [-0.4, -0.2) is 32.2 Å². The molecule has 114 valence electrons. The van der Waals surface area contributed by atoms with Gasteiger partial charge < -0.3 is 19.5 Å². The molecular formula is C16H27NO3. The number of hydrogen-bond donors (Lipinski definition) is 1. The molecule has 1 N–H and O–H groups in total. The summed E-state index contributed by atoms with van der Waals surface area (Å²) in [6.45, 7) is 10.8. The van der Waals surface area contributed by atoms with E-state index in [0.717, 1.165) is 12.3 Å². The van der Waals surface area contributed by atoms with Gasteiger partial charge in [-0.15, -0.1) is 0 Å². The van der Waals surface area contributed by atoms with Crippen LogP contribution in [0.5, 0.6) is 5.75 Å². The summed E-state index contributed by atoms with van der Waals surface area (Å²) >= 11 is 0. The fraction of sp³-hybridized carbons (Fsp3) is 0.625. The van der Waals surface area contributed by atoms with E-state index in [2.05, 4.69) is 17.4 Å². The average molecular weight is 281 g/mol. The molecule has 0 fully saturated rings. The van der Waals surface area contributed by atoms with Crippen LogP contribution in [0, 0.1) is 0 Å². The zero-order chi connectivity index (χ0) is 14.8. The number of ether oxygens (including phenoxy) is 3. The Morgan fingerprint density at radius 2 is 1.80 bits per heavy atom. The SMILES string of the molecule is CCOC(CNCc1cccc(OC(C)C)c1)OCC. The molecule has 1 rings (SSSR count). The van der Waals surface area contributed by atoms with E-state index in [1.165, 1.54) is 5.56 Å². The molecule has 1 aromatic carbocycles. The van der Waals surface area contributed by atoms with E-state index < -0.39 is 0 Å². The van der Waals surface area contributed by atoms with Crippen molar-refractivity contribution < 1.29 is 14.2 Å². The van der Waals surface area contributed by atoms with Gasteiger partial charge in [-0.3, -0.25) is 0 Å². The second kappa shape index (κ2) is 9.75. The molecule has 0 saturated carbocycles. The predicted octanol–water partition coefficient (Wildman–Crippen LogP) is 2.96. The third-order valence-corrected chi connectivity index (χ3v) is 2.62. The van der Waals surface area contributed by atoms with Crippen LogP contribution in [0.3, 0.4) is 0 Å². The molecular weight excluding hydrogens is 254 g/mol. The maximum atomic E-state index is 5.68. The molecule has 4 heteroatoms. The summed E-state index contributed by atoms with van der Waals surface area (Å²) in [6, 6.07) is 8.13. The number of hydrogen-bond acceptors (Lipinski definition) is 4. The van der Waals surface area contributed by atoms with Gasteiger partial charge in [0, 0.05) is 26.3 Å². The van der Waals surface area contributed by atoms with Gasteiger partial charge in [-0.1, -0.05) is 12.1 Å². The van der Waals surface area contributed by atoms with E-state index in [0.29, 0.717) is 19.8 Å². The monoisotopic (exact) mass is 281 g/mol. The molecule has 0 heterocycles. The van der Waals surface area contributed by atoms with Crippen molar-refractivity contribution in [3.05, 3.63) is 29.8 Å². The number of rotatable bonds is 10. The van der Waals surface area contributed by atoms with Gasteiger partial charge >= 0.3 is 0 Å². The third kappa shape index (κ3) is 6.89. The molecule has 1 aromatic rings. The zero-order valence-electron chi connectivity index (χ0n) is 13.0. The molecule has 20 heavy (non-hydrogen) atoms. The van der Waals surface area contributed by atoms with Crippen LogP contribution >= 0.6 is 0 Å². The first-order chi connectivity index (χ1) is 9.65. The normalized spacial score (nSPS) is 11.3. The van der Waals surface area contributed by atoms with Crippen molar-refractivity contribution >= 4 is 0 Å². The van der Waals surface area contributed by atoms with E-state index >= 15 is 0 Å². The van der Waals surface area contributed by atoms with Crippen molar-refractivity contribution in [1.82, 2.24) is 5.32 Å². The van der Waals surface area contributed by atoms with Gasteiger partial charge in [-0.05, 0) is 45.4 Å². The van der Waals surface area contributed by atoms with E-state index in [1.54, 1.807) is 0 Å². The van der Waals surface area contributed by atoms with Gasteiger partial charge in [0.25, 0.3) is 0 Å². The lowest BCUT2D eigenvalue weighted by molar-refractivity contribution is -0.133. The Kier molecular flexibility index (Phi) is 8.26. The smallest absolute Gasteiger partial charge is 0.169 e. The Morgan fingerprint density at radius 1 is 1.10 bits per heavy atom. The van der Waals surface area contributed by atoms with Gasteiger partial charge in [0.05, 0.1) is 6.10 Å². The van der Waals surface area contributed by atoms with Crippen LogP contribution in [0.2, 0.25) is 0 Å². The number of nitrogens with one attached hydrogen (secondary N) is 1. The minimum absolute atomic E-state index is 0.180. The van der Waals surface area contributed by atoms with Crippen LogP contribution in [0.4, 0.5) is 0 Å². The first-order valence-corrected chi connectivity index (χ1v) is 7.35. The van der Waals surface area contributed by atoms with Crippen molar-refractivity contribution in [3.63, 3.8) is 0 Å². The van der Waals surface area contributed by atoms with E-state index in [4.69, 9.17) is 14.2 Å². The van der Waals surface area contributed by atoms with Gasteiger partial charge in [0.2, 0.25) is 0 Å². The quantitative estimate of drug-likeness (QED) is 0.669. The molecule has 0 radical (unpaired) electrons. The Labute approximate surface area is 122 Å². The van der Waals surface area contributed by atoms with Crippen molar-refractivity contribution in [1.29, 1.82) is 0 Å². The minimum Gasteiger partial charge on any atom is -0.491 e. The maximum Gasteiger partial charge on any atom is 0.169 e. The standard InChI is InChI=1S/C16H27NO3/c1-5-18-16(19-6-2)12-17-11-14-8-7-9-15(10-14)20-13(3)4/h7-10,13,16-17H,5-6,11-12H2,1-4H3. The lowest BCUT2D eigenvalue weighted by Gasteiger charge is -2.17. The second-order valence-electron chi connectivity index (χ2n) is 4.79. The highest BCUT2D eigenvalue weighted by atomic mass is 16.7. The van der Waals surface area contributed by atoms with E-state index in [9.17, 15) is 0 Å². The molecule has 0 unspecified atom stereocenters. The largest absolute Gasteiger partial charge is 0.491 e. The highest BCUT2D eigenvalue weighted by molar-refractivity contribution is 5.28. The summed E-state index contributed by atoms with van der Waals surface area (Å²) in [6.07, 6.45) is 0.0126. The topological polar surface area (TPSA) is 39.7 Å². The molecule has 4 nitrogen and oxygen atoms in total. The Hall–Kier alpha value is -1.10. The summed E-state index contributed by atoms with van der Waals surface area (Å²) < 4.78 is 16.7. The molecule has 0 aromatic heterocycles. The van der Waals surface area contributed by atoms with E-state index in [1.807, 2.05) is 39.8 Å². The van der Waals surface area contributed by atoms with Gasteiger partial charge in [0.15, 0.2) is 6.29 Å². The van der Waals surface area contributed by atoms with Gasteiger partial charge in [-0.25, -0.2) is 0 Å². The van der Waals surface area contributed by atoms with Crippen LogP contribution in [-0.2, 0) is 16.0 Å². The summed E-state index contributed by atoms with van der Waals surface area (Å²) in [7, 11) is 0. The molecule has 0 aliphatic carbocycles. The summed E-state index contributed by atoms with van der Waals surface area (Å²) in [5, 5.41) is 3.35. The summed E-state index contributed by atoms with van der Waals surface area (Å²) in [4.78, 5) is 0. The zero-order valence-corrected chi connectivity index (χ0v) is 13.0. The first kappa shape index (κ1) is 17.0. The van der Waals surface area contributed by atoms with Gasteiger partial charge in [-0.2, -0.15) is 0 Å². The van der Waals surface area contributed by atoms with Crippen LogP contribution in [0.25, 0.3) is 0 Å². The number of benzene rings is 1. The van der Waals surface area contributed by atoms with Crippen LogP contribution < -0.4 is 10.1 Å². The predicted molar refractivity (Wildman–Crippen MR) is 81.0 cm³/mol. The van der Waals surface area contributed by atoms with Gasteiger partial charge in [0.1, 0.15) is 5.75 Å². The molecule has 0 bridgehead atoms. The van der Waals surface area contributed by atoms with Crippen LogP contribution in [0.15, 0.2) is 24.3 Å². The maximum absolute atomic E-state index is 5.68. The second-order valence-corrected chi connectivity index (χ2v) is 4.79. The Balaban J connectivity index is 2.40. The molecule has 0 aliphatic heterocycles. The molecule has 0 atom stereocenters. The molecule has 0 amide bonds. The molecule has 0 saturated heterocycles. The molecule has 0 aliphatic rings. The minimum atomic E-state index is -0.180. The van der Waals surface area contributed by atoms with Crippen molar-refractivity contribution in [3.8, 4) is 5.75 Å². The molecule has 0 spiro atoms. The highest BCUT2D eigenvalue weighted by Gasteiger charge is 2.07. The Bertz CT molecular complexity index is 362. The third-order valence-electron chi connectivity index (χ3n) is 2.62. The van der Waals surface area contributed by atoms with Crippen LogP contribution in [0.1, 0.15) is 33.3 Å². The van der Waals surface area contributed by atoms with Crippen molar-refractivity contribution in [2.24, 2.45) is 0 Å². The average Bonchev–Trinajstić information content (AvgIpc) is 2.39. The summed E-state index contributed by atoms with van der Waals surface area (Å²) in [5.41, 5.74) is 1.19. The fourth-order valence-corrected chi connectivity index (χ4v) is 1.87. The lowest BCUT2D eigenvalue weighted by atomic mass is 10.2. The Morgan fingerprint density at radius 3 is 2.40 bits per heavy atom.